The molecule has 0 fully saturated rings. The van der Waals surface area contributed by atoms with Crippen molar-refractivity contribution in [3.63, 3.8) is 0 Å². The third-order valence-electron chi connectivity index (χ3n) is 5.64. The Morgan fingerprint density at radius 1 is 0.939 bits per heavy atom. The van der Waals surface area contributed by atoms with E-state index in [1.54, 1.807) is 11.3 Å². The molecule has 4 nitrogen and oxygen atoms in total. The lowest BCUT2D eigenvalue weighted by Gasteiger charge is -2.22. The molecular weight excluding hydrogens is 426 g/mol. The molecule has 0 N–H and O–H groups in total. The maximum absolute atomic E-state index is 13.2. The standard InChI is InChI=1S/C28H29N3OS/c1-4-21-15-17-22(18-16-21)26-20-31(24-13-9-6-10-14-24)28(33-26)29-19-25(32)27(30(2)3)23-11-7-5-8-12-23/h5-18,20,27H,4,19H2,1-3H3/t27-/m1/s1. The monoisotopic (exact) mass is 455 g/mol. The summed E-state index contributed by atoms with van der Waals surface area (Å²) in [5.74, 6) is 0.0769. The highest BCUT2D eigenvalue weighted by Crippen LogP contribution is 2.24. The minimum atomic E-state index is -0.318. The van der Waals surface area contributed by atoms with Gasteiger partial charge in [-0.05, 0) is 49.3 Å². The molecule has 4 rings (SSSR count). The molecule has 1 aromatic heterocycles. The van der Waals surface area contributed by atoms with Gasteiger partial charge in [-0.15, -0.1) is 0 Å². The van der Waals surface area contributed by atoms with Gasteiger partial charge in [0.2, 0.25) is 0 Å². The Kier molecular flexibility index (Phi) is 7.33. The molecule has 0 unspecified atom stereocenters. The topological polar surface area (TPSA) is 37.6 Å². The normalized spacial score (nSPS) is 12.8. The molecule has 3 aromatic carbocycles. The summed E-state index contributed by atoms with van der Waals surface area (Å²) in [4.78, 5) is 21.9. The van der Waals surface area contributed by atoms with Crippen LogP contribution in [0.5, 0.6) is 0 Å². The quantitative estimate of drug-likeness (QED) is 0.350. The number of aryl methyl sites for hydroxylation is 1. The number of Topliss-reactive ketones (excluding diaryl/α,β-unsaturated/α-hetero) is 1. The molecule has 4 aromatic rings. The van der Waals surface area contributed by atoms with E-state index in [0.29, 0.717) is 0 Å². The van der Waals surface area contributed by atoms with E-state index in [9.17, 15) is 4.79 Å². The van der Waals surface area contributed by atoms with Crippen molar-refractivity contribution >= 4 is 17.1 Å². The molecular formula is C28H29N3OS. The predicted molar refractivity (Wildman–Crippen MR) is 137 cm³/mol. The lowest BCUT2D eigenvalue weighted by atomic mass is 10.0. The van der Waals surface area contributed by atoms with E-state index in [0.717, 1.165) is 32.9 Å². The lowest BCUT2D eigenvalue weighted by molar-refractivity contribution is -0.122. The molecule has 0 amide bonds. The number of hydrogen-bond donors (Lipinski definition) is 0. The number of thiazole rings is 1. The number of likely N-dealkylation sites (N-methyl/N-ethyl adjacent to an activating group) is 1. The van der Waals surface area contributed by atoms with Gasteiger partial charge in [0.1, 0.15) is 6.54 Å². The van der Waals surface area contributed by atoms with Crippen molar-refractivity contribution in [1.82, 2.24) is 9.47 Å². The van der Waals surface area contributed by atoms with E-state index < -0.39 is 0 Å². The first-order valence-corrected chi connectivity index (χ1v) is 12.0. The second-order valence-electron chi connectivity index (χ2n) is 8.19. The Morgan fingerprint density at radius 3 is 2.18 bits per heavy atom. The molecule has 0 spiro atoms. The minimum Gasteiger partial charge on any atom is -0.296 e. The molecule has 0 bridgehead atoms. The lowest BCUT2D eigenvalue weighted by Crippen LogP contribution is -2.30. The second kappa shape index (κ2) is 10.6. The fraction of sp³-hybridized carbons (Fsp3) is 0.214. The number of para-hydroxylation sites is 1. The molecule has 0 saturated carbocycles. The SMILES string of the molecule is CCc1ccc(-c2cn(-c3ccccc3)c(=NCC(=O)[C@@H](c3ccccc3)N(C)C)s2)cc1. The van der Waals surface area contributed by atoms with Crippen molar-refractivity contribution in [2.75, 3.05) is 20.6 Å². The number of benzene rings is 3. The molecule has 0 aliphatic heterocycles. The summed E-state index contributed by atoms with van der Waals surface area (Å²) in [5, 5.41) is 0. The first kappa shape index (κ1) is 22.9. The first-order chi connectivity index (χ1) is 16.1. The van der Waals surface area contributed by atoms with Crippen molar-refractivity contribution < 1.29 is 4.79 Å². The molecule has 0 aliphatic rings. The minimum absolute atomic E-state index is 0.0769. The number of carbonyl (C=O) groups excluding carboxylic acids is 1. The Hall–Kier alpha value is -3.28. The van der Waals surface area contributed by atoms with Crippen molar-refractivity contribution in [1.29, 1.82) is 0 Å². The van der Waals surface area contributed by atoms with Crippen LogP contribution in [0.4, 0.5) is 0 Å². The van der Waals surface area contributed by atoms with Gasteiger partial charge in [0.15, 0.2) is 10.6 Å². The first-order valence-electron chi connectivity index (χ1n) is 11.2. The van der Waals surface area contributed by atoms with Crippen LogP contribution in [0.1, 0.15) is 24.1 Å². The molecule has 0 aliphatic carbocycles. The fourth-order valence-corrected chi connectivity index (χ4v) is 4.90. The molecule has 33 heavy (non-hydrogen) atoms. The van der Waals surface area contributed by atoms with E-state index in [-0.39, 0.29) is 18.4 Å². The van der Waals surface area contributed by atoms with E-state index in [1.807, 2.05) is 67.5 Å². The smallest absolute Gasteiger partial charge is 0.190 e. The summed E-state index contributed by atoms with van der Waals surface area (Å²) in [5.41, 5.74) is 4.49. The van der Waals surface area contributed by atoms with E-state index >= 15 is 0 Å². The van der Waals surface area contributed by atoms with E-state index in [1.165, 1.54) is 5.56 Å². The highest BCUT2D eigenvalue weighted by Gasteiger charge is 2.22. The average Bonchev–Trinajstić information content (AvgIpc) is 3.28. The molecule has 1 atom stereocenters. The highest BCUT2D eigenvalue weighted by atomic mass is 32.1. The maximum Gasteiger partial charge on any atom is 0.190 e. The van der Waals surface area contributed by atoms with Crippen LogP contribution >= 0.6 is 11.3 Å². The summed E-state index contributed by atoms with van der Waals surface area (Å²) >= 11 is 1.61. The summed E-state index contributed by atoms with van der Waals surface area (Å²) < 4.78 is 2.08. The van der Waals surface area contributed by atoms with Crippen molar-refractivity contribution in [2.45, 2.75) is 19.4 Å². The van der Waals surface area contributed by atoms with Crippen molar-refractivity contribution in [2.24, 2.45) is 4.99 Å². The van der Waals surface area contributed by atoms with E-state index in [2.05, 4.69) is 54.1 Å². The fourth-order valence-electron chi connectivity index (χ4n) is 3.91. The Labute approximate surface area is 199 Å². The van der Waals surface area contributed by atoms with Crippen LogP contribution in [-0.2, 0) is 11.2 Å². The summed E-state index contributed by atoms with van der Waals surface area (Å²) in [7, 11) is 3.87. The molecule has 1 heterocycles. The number of aromatic nitrogens is 1. The zero-order chi connectivity index (χ0) is 23.2. The number of hydrogen-bond acceptors (Lipinski definition) is 4. The highest BCUT2D eigenvalue weighted by molar-refractivity contribution is 7.12. The largest absolute Gasteiger partial charge is 0.296 e. The zero-order valence-corrected chi connectivity index (χ0v) is 20.1. The number of ketones is 1. The van der Waals surface area contributed by atoms with Crippen LogP contribution in [0.25, 0.3) is 16.1 Å². The van der Waals surface area contributed by atoms with Gasteiger partial charge in [-0.3, -0.25) is 19.3 Å². The van der Waals surface area contributed by atoms with Gasteiger partial charge in [0, 0.05) is 11.9 Å². The molecule has 0 radical (unpaired) electrons. The summed E-state index contributed by atoms with van der Waals surface area (Å²) in [6.45, 7) is 2.28. The number of rotatable bonds is 8. The van der Waals surface area contributed by atoms with Gasteiger partial charge >= 0.3 is 0 Å². The molecule has 5 heteroatoms. The number of nitrogens with zero attached hydrogens (tertiary/aromatic N) is 3. The van der Waals surface area contributed by atoms with Crippen LogP contribution in [-0.4, -0.2) is 35.9 Å². The Bertz CT molecular complexity index is 1260. The second-order valence-corrected chi connectivity index (χ2v) is 9.20. The molecule has 0 saturated heterocycles. The van der Waals surface area contributed by atoms with Crippen LogP contribution in [0.15, 0.2) is 96.1 Å². The van der Waals surface area contributed by atoms with Crippen LogP contribution in [0, 0.1) is 0 Å². The molecule has 168 valence electrons. The number of carbonyl (C=O) groups is 1. The predicted octanol–water partition coefficient (Wildman–Crippen LogP) is 5.54. The summed E-state index contributed by atoms with van der Waals surface area (Å²) in [6.07, 6.45) is 3.14. The van der Waals surface area contributed by atoms with Crippen molar-refractivity contribution in [3.8, 4) is 16.1 Å². The summed E-state index contributed by atoms with van der Waals surface area (Å²) in [6, 6.07) is 28.4. The van der Waals surface area contributed by atoms with E-state index in [4.69, 9.17) is 4.99 Å². The van der Waals surface area contributed by atoms with Gasteiger partial charge < -0.3 is 0 Å². The zero-order valence-electron chi connectivity index (χ0n) is 19.3. The van der Waals surface area contributed by atoms with Crippen molar-refractivity contribution in [3.05, 3.63) is 107 Å². The van der Waals surface area contributed by atoms with Gasteiger partial charge in [-0.2, -0.15) is 0 Å². The van der Waals surface area contributed by atoms with Crippen LogP contribution in [0.2, 0.25) is 0 Å². The van der Waals surface area contributed by atoms with Gasteiger partial charge in [0.25, 0.3) is 0 Å². The Balaban J connectivity index is 1.70. The average molecular weight is 456 g/mol. The maximum atomic E-state index is 13.2. The van der Waals surface area contributed by atoms with Crippen LogP contribution < -0.4 is 4.80 Å². The van der Waals surface area contributed by atoms with Gasteiger partial charge in [-0.25, -0.2) is 0 Å². The van der Waals surface area contributed by atoms with Gasteiger partial charge in [-0.1, -0.05) is 91.1 Å². The third-order valence-corrected chi connectivity index (χ3v) is 6.71. The Morgan fingerprint density at radius 2 is 1.58 bits per heavy atom. The van der Waals surface area contributed by atoms with Gasteiger partial charge in [0.05, 0.1) is 10.9 Å². The van der Waals surface area contributed by atoms with Crippen LogP contribution in [0.3, 0.4) is 0 Å². The third kappa shape index (κ3) is 5.38.